The quantitative estimate of drug-likeness (QED) is 0.406. The molecule has 4 aromatic rings. The van der Waals surface area contributed by atoms with Crippen LogP contribution in [0, 0.1) is 5.82 Å². The van der Waals surface area contributed by atoms with E-state index in [4.69, 9.17) is 0 Å². The number of hydrogen-bond donors (Lipinski definition) is 1. The number of benzene rings is 3. The van der Waals surface area contributed by atoms with Crippen LogP contribution in [0.15, 0.2) is 90.0 Å². The number of halogens is 1. The minimum Gasteiger partial charge on any atom is -0.588 e. The Morgan fingerprint density at radius 2 is 1.74 bits per heavy atom. The predicted octanol–water partition coefficient (Wildman–Crippen LogP) is 4.47. The van der Waals surface area contributed by atoms with Gasteiger partial charge in [0.25, 0.3) is 5.91 Å². The highest BCUT2D eigenvalue weighted by Gasteiger charge is 2.24. The van der Waals surface area contributed by atoms with Gasteiger partial charge >= 0.3 is 0 Å². The Kier molecular flexibility index (Phi) is 6.94. The fourth-order valence-electron chi connectivity index (χ4n) is 4.24. The third kappa shape index (κ3) is 5.30. The molecule has 1 saturated heterocycles. The zero-order valence-electron chi connectivity index (χ0n) is 19.1. The van der Waals surface area contributed by atoms with Crippen LogP contribution in [0.2, 0.25) is 0 Å². The van der Waals surface area contributed by atoms with E-state index in [1.807, 2.05) is 30.3 Å². The molecule has 178 valence electrons. The summed E-state index contributed by atoms with van der Waals surface area (Å²) in [6.45, 7) is 3.56. The molecule has 1 amide bonds. The highest BCUT2D eigenvalue weighted by Crippen LogP contribution is 2.25. The number of hydrogen-bond acceptors (Lipinski definition) is 5. The molecule has 1 unspecified atom stereocenters. The van der Waals surface area contributed by atoms with Crippen molar-refractivity contribution in [3.05, 3.63) is 102 Å². The molecule has 1 aliphatic heterocycles. The van der Waals surface area contributed by atoms with Crippen molar-refractivity contribution in [2.24, 2.45) is 0 Å². The SMILES string of the molecule is O=C(c1ccc(N[S+]([O-])c2cccc3cccnc23)c(F)c1)N1CCN(Cc2ccccc2)CC1. The predicted molar refractivity (Wildman–Crippen MR) is 136 cm³/mol. The van der Waals surface area contributed by atoms with Crippen LogP contribution in [0.4, 0.5) is 10.1 Å². The number of piperazine rings is 1. The summed E-state index contributed by atoms with van der Waals surface area (Å²) >= 11 is -1.72. The molecule has 5 rings (SSSR count). The Bertz CT molecular complexity index is 1320. The van der Waals surface area contributed by atoms with E-state index in [-0.39, 0.29) is 17.2 Å². The average Bonchev–Trinajstić information content (AvgIpc) is 2.90. The Morgan fingerprint density at radius 3 is 2.51 bits per heavy atom. The highest BCUT2D eigenvalue weighted by molar-refractivity contribution is 7.93. The number of pyridine rings is 1. The summed E-state index contributed by atoms with van der Waals surface area (Å²) in [5.41, 5.74) is 2.19. The van der Waals surface area contributed by atoms with Gasteiger partial charge in [-0.1, -0.05) is 48.5 Å². The molecule has 1 atom stereocenters. The van der Waals surface area contributed by atoms with E-state index in [2.05, 4.69) is 26.7 Å². The van der Waals surface area contributed by atoms with E-state index in [1.165, 1.54) is 17.7 Å². The maximum Gasteiger partial charge on any atom is 0.254 e. The number of carbonyl (C=O) groups excluding carboxylic acids is 1. The van der Waals surface area contributed by atoms with Crippen molar-refractivity contribution in [3.63, 3.8) is 0 Å². The molecule has 0 aliphatic carbocycles. The molecule has 1 N–H and O–H groups in total. The zero-order valence-corrected chi connectivity index (χ0v) is 19.9. The Hall–Kier alpha value is -3.46. The number of carbonyl (C=O) groups is 1. The third-order valence-electron chi connectivity index (χ3n) is 6.12. The van der Waals surface area contributed by atoms with Gasteiger partial charge in [0.05, 0.1) is 0 Å². The summed E-state index contributed by atoms with van der Waals surface area (Å²) < 4.78 is 30.5. The first-order valence-electron chi connectivity index (χ1n) is 11.5. The van der Waals surface area contributed by atoms with Crippen molar-refractivity contribution < 1.29 is 13.7 Å². The number of fused-ring (bicyclic) bond motifs is 1. The Labute approximate surface area is 206 Å². The lowest BCUT2D eigenvalue weighted by Crippen LogP contribution is -2.48. The fraction of sp³-hybridized carbons (Fsp3) is 0.185. The number of amides is 1. The van der Waals surface area contributed by atoms with Crippen molar-refractivity contribution in [2.45, 2.75) is 11.4 Å². The van der Waals surface area contributed by atoms with E-state index < -0.39 is 17.2 Å². The standard InChI is InChI=1S/C27H25FN4O2S/c28-23-18-22(27(33)32-16-14-31(15-17-32)19-20-6-2-1-3-7-20)11-12-24(23)30-35(34)25-10-4-8-21-9-5-13-29-26(21)25/h1-13,18,30H,14-17,19H2. The number of para-hydroxylation sites is 1. The Morgan fingerprint density at radius 1 is 0.971 bits per heavy atom. The number of anilines is 1. The number of aromatic nitrogens is 1. The van der Waals surface area contributed by atoms with E-state index in [0.29, 0.717) is 23.5 Å². The third-order valence-corrected chi connectivity index (χ3v) is 7.26. The molecule has 0 saturated carbocycles. The van der Waals surface area contributed by atoms with Crippen LogP contribution < -0.4 is 4.72 Å². The lowest BCUT2D eigenvalue weighted by Gasteiger charge is -2.34. The molecule has 1 aliphatic rings. The van der Waals surface area contributed by atoms with Crippen LogP contribution in [-0.4, -0.2) is 51.4 Å². The van der Waals surface area contributed by atoms with E-state index in [1.54, 1.807) is 35.4 Å². The maximum absolute atomic E-state index is 14.9. The number of nitrogens with zero attached hydrogens (tertiary/aromatic N) is 3. The average molecular weight is 489 g/mol. The van der Waals surface area contributed by atoms with Gasteiger partial charge in [-0.3, -0.25) is 14.7 Å². The van der Waals surface area contributed by atoms with E-state index in [9.17, 15) is 13.7 Å². The molecule has 8 heteroatoms. The van der Waals surface area contributed by atoms with Crippen LogP contribution in [0.1, 0.15) is 15.9 Å². The molecule has 6 nitrogen and oxygen atoms in total. The summed E-state index contributed by atoms with van der Waals surface area (Å²) in [7, 11) is 0. The largest absolute Gasteiger partial charge is 0.588 e. The minimum atomic E-state index is -1.72. The maximum atomic E-state index is 14.9. The molecule has 35 heavy (non-hydrogen) atoms. The van der Waals surface area contributed by atoms with Crippen molar-refractivity contribution in [2.75, 3.05) is 30.9 Å². The zero-order chi connectivity index (χ0) is 24.2. The van der Waals surface area contributed by atoms with Crippen LogP contribution in [-0.2, 0) is 17.9 Å². The molecule has 2 heterocycles. The topological polar surface area (TPSA) is 71.5 Å². The molecule has 0 radical (unpaired) electrons. The van der Waals surface area contributed by atoms with Crippen molar-refractivity contribution in [1.29, 1.82) is 0 Å². The van der Waals surface area contributed by atoms with Gasteiger partial charge in [0, 0.05) is 49.9 Å². The fourth-order valence-corrected chi connectivity index (χ4v) is 5.27. The minimum absolute atomic E-state index is 0.0699. The van der Waals surface area contributed by atoms with E-state index >= 15 is 0 Å². The summed E-state index contributed by atoms with van der Waals surface area (Å²) in [4.78, 5) is 21.8. The Balaban J connectivity index is 1.22. The summed E-state index contributed by atoms with van der Waals surface area (Å²) in [6, 6.07) is 23.5. The summed E-state index contributed by atoms with van der Waals surface area (Å²) in [5.74, 6) is -0.825. The highest BCUT2D eigenvalue weighted by atomic mass is 32.2. The van der Waals surface area contributed by atoms with E-state index in [0.717, 1.165) is 25.0 Å². The molecular weight excluding hydrogens is 463 g/mol. The van der Waals surface area contributed by atoms with Gasteiger partial charge in [0.2, 0.25) is 4.90 Å². The lowest BCUT2D eigenvalue weighted by atomic mass is 10.1. The van der Waals surface area contributed by atoms with Crippen molar-refractivity contribution >= 4 is 33.9 Å². The first-order valence-corrected chi connectivity index (χ1v) is 12.6. The first-order chi connectivity index (χ1) is 17.1. The smallest absolute Gasteiger partial charge is 0.254 e. The molecule has 1 aromatic heterocycles. The van der Waals surface area contributed by atoms with Gasteiger partial charge in [-0.05, 0) is 35.9 Å². The number of rotatable bonds is 6. The van der Waals surface area contributed by atoms with Crippen LogP contribution in [0.5, 0.6) is 0 Å². The molecule has 3 aromatic carbocycles. The second-order valence-corrected chi connectivity index (χ2v) is 9.63. The monoisotopic (exact) mass is 488 g/mol. The van der Waals surface area contributed by atoms with Gasteiger partial charge < -0.3 is 9.45 Å². The van der Waals surface area contributed by atoms with Crippen LogP contribution in [0.3, 0.4) is 0 Å². The van der Waals surface area contributed by atoms with Crippen LogP contribution in [0.25, 0.3) is 10.9 Å². The van der Waals surface area contributed by atoms with Gasteiger partial charge in [-0.2, -0.15) is 0 Å². The van der Waals surface area contributed by atoms with Crippen LogP contribution >= 0.6 is 0 Å². The van der Waals surface area contributed by atoms with Gasteiger partial charge in [0.15, 0.2) is 5.82 Å². The first kappa shape index (κ1) is 23.3. The number of nitrogens with one attached hydrogen (secondary N) is 1. The van der Waals surface area contributed by atoms with Crippen molar-refractivity contribution in [1.82, 2.24) is 14.8 Å². The second-order valence-electron chi connectivity index (χ2n) is 8.45. The van der Waals surface area contributed by atoms with Gasteiger partial charge in [0.1, 0.15) is 22.6 Å². The lowest BCUT2D eigenvalue weighted by molar-refractivity contribution is 0.0628. The molecule has 1 fully saturated rings. The molecular formula is C27H25FN4O2S. The van der Waals surface area contributed by atoms with Crippen molar-refractivity contribution in [3.8, 4) is 0 Å². The summed E-state index contributed by atoms with van der Waals surface area (Å²) in [6.07, 6.45) is 1.63. The second kappa shape index (κ2) is 10.4. The van der Waals surface area contributed by atoms with Gasteiger partial charge in [-0.25, -0.2) is 9.11 Å². The summed E-state index contributed by atoms with van der Waals surface area (Å²) in [5, 5.41) is 0.852. The molecule has 0 bridgehead atoms. The van der Waals surface area contributed by atoms with Gasteiger partial charge in [-0.15, -0.1) is 0 Å². The molecule has 0 spiro atoms. The normalized spacial score (nSPS) is 15.2.